The highest BCUT2D eigenvalue weighted by molar-refractivity contribution is 6.35. The Morgan fingerprint density at radius 3 is 2.11 bits per heavy atom. The van der Waals surface area contributed by atoms with Crippen LogP contribution in [0.1, 0.15) is 31.1 Å². The van der Waals surface area contributed by atoms with Crippen LogP contribution in [0.5, 0.6) is 0 Å². The third kappa shape index (κ3) is 5.88. The number of anilines is 2. The van der Waals surface area contributed by atoms with Crippen molar-refractivity contribution in [3.8, 4) is 0 Å². The molecule has 1 N–H and O–H groups in total. The van der Waals surface area contributed by atoms with E-state index in [1.54, 1.807) is 30.3 Å². The van der Waals surface area contributed by atoms with E-state index >= 15 is 0 Å². The molecule has 0 saturated carbocycles. The van der Waals surface area contributed by atoms with E-state index in [4.69, 9.17) is 27.9 Å². The van der Waals surface area contributed by atoms with Crippen LogP contribution in [0, 0.1) is 0 Å². The predicted molar refractivity (Wildman–Crippen MR) is 110 cm³/mol. The molecule has 0 bridgehead atoms. The third-order valence-electron chi connectivity index (χ3n) is 4.01. The van der Waals surface area contributed by atoms with Crippen LogP contribution in [-0.2, 0) is 9.53 Å². The fraction of sp³-hybridized carbons (Fsp3) is 0.300. The molecule has 0 fully saturated rings. The van der Waals surface area contributed by atoms with Crippen molar-refractivity contribution < 1.29 is 14.3 Å². The van der Waals surface area contributed by atoms with Gasteiger partial charge in [-0.2, -0.15) is 0 Å². The summed E-state index contributed by atoms with van der Waals surface area (Å²) in [6.45, 7) is 7.40. The highest BCUT2D eigenvalue weighted by atomic mass is 35.5. The van der Waals surface area contributed by atoms with Crippen LogP contribution in [0.4, 0.5) is 11.4 Å². The number of rotatable bonds is 7. The largest absolute Gasteiger partial charge is 0.449 e. The van der Waals surface area contributed by atoms with E-state index in [2.05, 4.69) is 24.1 Å². The molecular formula is C20H22Cl2N2O3. The highest BCUT2D eigenvalue weighted by Crippen LogP contribution is 2.23. The first-order chi connectivity index (χ1) is 12.8. The van der Waals surface area contributed by atoms with Crippen LogP contribution in [0.3, 0.4) is 0 Å². The van der Waals surface area contributed by atoms with Gasteiger partial charge in [-0.1, -0.05) is 23.2 Å². The van der Waals surface area contributed by atoms with Gasteiger partial charge in [0.1, 0.15) is 0 Å². The Morgan fingerprint density at radius 2 is 1.59 bits per heavy atom. The molecule has 0 aliphatic rings. The summed E-state index contributed by atoms with van der Waals surface area (Å²) < 4.78 is 5.25. The van der Waals surface area contributed by atoms with Crippen LogP contribution in [0.25, 0.3) is 0 Å². The minimum absolute atomic E-state index is 0.386. The van der Waals surface area contributed by atoms with Gasteiger partial charge in [-0.05, 0) is 63.2 Å². The average molecular weight is 409 g/mol. The van der Waals surface area contributed by atoms with Crippen molar-refractivity contribution in [1.29, 1.82) is 0 Å². The van der Waals surface area contributed by atoms with Crippen LogP contribution < -0.4 is 10.2 Å². The lowest BCUT2D eigenvalue weighted by atomic mass is 10.2. The second-order valence-electron chi connectivity index (χ2n) is 5.91. The van der Waals surface area contributed by atoms with Crippen molar-refractivity contribution in [2.24, 2.45) is 0 Å². The number of carbonyl (C=O) groups excluding carboxylic acids is 2. The Labute approximate surface area is 169 Å². The molecule has 0 unspecified atom stereocenters. The molecule has 2 aromatic carbocycles. The minimum atomic E-state index is -0.974. The molecule has 1 amide bonds. The molecule has 0 saturated heterocycles. The molecule has 0 aromatic heterocycles. The number of ether oxygens (including phenoxy) is 1. The molecule has 144 valence electrons. The summed E-state index contributed by atoms with van der Waals surface area (Å²) in [6, 6.07) is 11.8. The van der Waals surface area contributed by atoms with Crippen molar-refractivity contribution >= 4 is 46.5 Å². The number of halogens is 2. The average Bonchev–Trinajstić information content (AvgIpc) is 2.62. The van der Waals surface area contributed by atoms with E-state index < -0.39 is 18.0 Å². The van der Waals surface area contributed by atoms with E-state index in [1.807, 2.05) is 12.1 Å². The van der Waals surface area contributed by atoms with Gasteiger partial charge < -0.3 is 15.0 Å². The number of hydrogen-bond donors (Lipinski definition) is 1. The molecule has 2 rings (SSSR count). The van der Waals surface area contributed by atoms with Crippen molar-refractivity contribution in [1.82, 2.24) is 0 Å². The minimum Gasteiger partial charge on any atom is -0.449 e. The van der Waals surface area contributed by atoms with Crippen LogP contribution in [0.15, 0.2) is 42.5 Å². The van der Waals surface area contributed by atoms with E-state index in [0.29, 0.717) is 21.3 Å². The molecule has 0 aliphatic heterocycles. The predicted octanol–water partition coefficient (Wildman–Crippen LogP) is 5.02. The summed E-state index contributed by atoms with van der Waals surface area (Å²) in [7, 11) is 0. The monoisotopic (exact) mass is 408 g/mol. The number of benzene rings is 2. The zero-order valence-corrected chi connectivity index (χ0v) is 17.0. The summed E-state index contributed by atoms with van der Waals surface area (Å²) >= 11 is 11.8. The molecule has 0 heterocycles. The van der Waals surface area contributed by atoms with E-state index in [1.165, 1.54) is 6.92 Å². The van der Waals surface area contributed by atoms with Crippen LogP contribution in [0.2, 0.25) is 10.0 Å². The lowest BCUT2D eigenvalue weighted by molar-refractivity contribution is -0.123. The molecular weight excluding hydrogens is 387 g/mol. The summed E-state index contributed by atoms with van der Waals surface area (Å²) in [6.07, 6.45) is -0.974. The Hall–Kier alpha value is -2.24. The topological polar surface area (TPSA) is 58.6 Å². The maximum Gasteiger partial charge on any atom is 0.338 e. The van der Waals surface area contributed by atoms with E-state index in [9.17, 15) is 9.59 Å². The Morgan fingerprint density at radius 1 is 1.04 bits per heavy atom. The van der Waals surface area contributed by atoms with Crippen LogP contribution in [-0.4, -0.2) is 31.1 Å². The number of esters is 1. The lowest BCUT2D eigenvalue weighted by Crippen LogP contribution is -2.30. The fourth-order valence-corrected chi connectivity index (χ4v) is 3.08. The smallest absolute Gasteiger partial charge is 0.338 e. The summed E-state index contributed by atoms with van der Waals surface area (Å²) in [5.74, 6) is -1.03. The Balaban J connectivity index is 1.98. The molecule has 7 heteroatoms. The van der Waals surface area contributed by atoms with Gasteiger partial charge in [0.15, 0.2) is 6.10 Å². The highest BCUT2D eigenvalue weighted by Gasteiger charge is 2.19. The quantitative estimate of drug-likeness (QED) is 0.653. The maximum atomic E-state index is 12.3. The molecule has 0 radical (unpaired) electrons. The summed E-state index contributed by atoms with van der Waals surface area (Å²) in [5, 5.41) is 3.43. The molecule has 2 aromatic rings. The van der Waals surface area contributed by atoms with Gasteiger partial charge in [-0.25, -0.2) is 4.79 Å². The first kappa shape index (κ1) is 21.1. The summed E-state index contributed by atoms with van der Waals surface area (Å²) in [4.78, 5) is 26.7. The third-order valence-corrected chi connectivity index (χ3v) is 4.45. The Kier molecular flexibility index (Phi) is 7.51. The number of hydrogen-bond acceptors (Lipinski definition) is 4. The van der Waals surface area contributed by atoms with Gasteiger partial charge in [0.05, 0.1) is 5.56 Å². The number of nitrogens with one attached hydrogen (secondary N) is 1. The van der Waals surface area contributed by atoms with Gasteiger partial charge in [-0.15, -0.1) is 0 Å². The normalized spacial score (nSPS) is 11.6. The SMILES string of the molecule is CCN(CC)c1ccc(C(=O)O[C@H](C)C(=O)Nc2cc(Cl)cc(Cl)c2)cc1. The molecule has 0 spiro atoms. The van der Waals surface area contributed by atoms with Crippen molar-refractivity contribution in [3.63, 3.8) is 0 Å². The summed E-state index contributed by atoms with van der Waals surface area (Å²) in [5.41, 5.74) is 1.85. The fourth-order valence-electron chi connectivity index (χ4n) is 2.55. The number of amides is 1. The maximum absolute atomic E-state index is 12.3. The van der Waals surface area contributed by atoms with Gasteiger partial charge in [0.2, 0.25) is 0 Å². The van der Waals surface area contributed by atoms with Crippen molar-refractivity contribution in [2.45, 2.75) is 26.9 Å². The van der Waals surface area contributed by atoms with Gasteiger partial charge in [0.25, 0.3) is 5.91 Å². The lowest BCUT2D eigenvalue weighted by Gasteiger charge is -2.21. The number of carbonyl (C=O) groups is 2. The van der Waals surface area contributed by atoms with Gasteiger partial charge in [0, 0.05) is 34.5 Å². The molecule has 5 nitrogen and oxygen atoms in total. The second-order valence-corrected chi connectivity index (χ2v) is 6.79. The van der Waals surface area contributed by atoms with Gasteiger partial charge in [-0.3, -0.25) is 4.79 Å². The molecule has 0 aliphatic carbocycles. The first-order valence-corrected chi connectivity index (χ1v) is 9.42. The number of nitrogens with zero attached hydrogens (tertiary/aromatic N) is 1. The van der Waals surface area contributed by atoms with Crippen molar-refractivity contribution in [3.05, 3.63) is 58.1 Å². The van der Waals surface area contributed by atoms with Crippen LogP contribution >= 0.6 is 23.2 Å². The standard InChI is InChI=1S/C20H22Cl2N2O3/c1-4-24(5-2)18-8-6-14(7-9-18)20(26)27-13(3)19(25)23-17-11-15(21)10-16(22)12-17/h6-13H,4-5H2,1-3H3,(H,23,25)/t13-/m1/s1. The van der Waals surface area contributed by atoms with E-state index in [0.717, 1.165) is 18.8 Å². The van der Waals surface area contributed by atoms with Crippen molar-refractivity contribution in [2.75, 3.05) is 23.3 Å². The zero-order chi connectivity index (χ0) is 20.0. The second kappa shape index (κ2) is 9.62. The van der Waals surface area contributed by atoms with E-state index in [-0.39, 0.29) is 0 Å². The molecule has 27 heavy (non-hydrogen) atoms. The zero-order valence-electron chi connectivity index (χ0n) is 15.5. The first-order valence-electron chi connectivity index (χ1n) is 8.67. The van der Waals surface area contributed by atoms with Gasteiger partial charge >= 0.3 is 5.97 Å². The molecule has 1 atom stereocenters. The Bertz CT molecular complexity index is 785.